The smallest absolute Gasteiger partial charge is 0.258 e. The fourth-order valence-electron chi connectivity index (χ4n) is 1.35. The number of primary sulfonamides is 1. The lowest BCUT2D eigenvalue weighted by molar-refractivity contribution is -0.123. The molecule has 1 aromatic rings. The average Bonchev–Trinajstić information content (AvgIpc) is 2.28. The van der Waals surface area contributed by atoms with E-state index in [1.165, 1.54) is 12.1 Å². The molecule has 20 heavy (non-hydrogen) atoms. The highest BCUT2D eigenvalue weighted by molar-refractivity contribution is 7.89. The predicted molar refractivity (Wildman–Crippen MR) is 76.6 cm³/mol. The van der Waals surface area contributed by atoms with E-state index in [4.69, 9.17) is 33.1 Å². The number of ether oxygens (including phenoxy) is 1. The first kappa shape index (κ1) is 17.0. The summed E-state index contributed by atoms with van der Waals surface area (Å²) in [4.78, 5) is 11.1. The van der Waals surface area contributed by atoms with Crippen molar-refractivity contribution in [2.24, 2.45) is 5.14 Å². The van der Waals surface area contributed by atoms with Gasteiger partial charge >= 0.3 is 0 Å². The minimum absolute atomic E-state index is 0.0186. The van der Waals surface area contributed by atoms with Crippen molar-refractivity contribution in [3.63, 3.8) is 0 Å². The average molecular weight is 341 g/mol. The van der Waals surface area contributed by atoms with Crippen molar-refractivity contribution in [3.8, 4) is 5.75 Å². The van der Waals surface area contributed by atoms with Crippen molar-refractivity contribution in [1.29, 1.82) is 0 Å². The van der Waals surface area contributed by atoms with Gasteiger partial charge in [-0.25, -0.2) is 13.6 Å². The zero-order valence-electron chi connectivity index (χ0n) is 10.8. The van der Waals surface area contributed by atoms with Crippen LogP contribution in [0.1, 0.15) is 13.8 Å². The first-order valence-electron chi connectivity index (χ1n) is 5.56. The van der Waals surface area contributed by atoms with Crippen LogP contribution >= 0.6 is 23.2 Å². The highest BCUT2D eigenvalue weighted by Crippen LogP contribution is 2.36. The second-order valence-electron chi connectivity index (χ2n) is 4.25. The zero-order valence-corrected chi connectivity index (χ0v) is 13.1. The summed E-state index contributed by atoms with van der Waals surface area (Å²) in [6, 6.07) is 2.44. The Hall–Kier alpha value is -1.02. The van der Waals surface area contributed by atoms with Gasteiger partial charge in [0, 0.05) is 6.04 Å². The number of sulfonamides is 1. The molecule has 0 spiro atoms. The largest absolute Gasteiger partial charge is 0.482 e. The van der Waals surface area contributed by atoms with Gasteiger partial charge in [-0.05, 0) is 26.0 Å². The molecule has 6 nitrogen and oxygen atoms in total. The van der Waals surface area contributed by atoms with E-state index in [9.17, 15) is 13.2 Å². The standard InChI is InChI=1S/C11H14Cl2N2O4S/c1-6(2)15-9(16)5-19-7-3-4-8(20(14,17)18)11(13)10(7)12/h3-4,6H,5H2,1-2H3,(H,15,16)(H2,14,17,18). The van der Waals surface area contributed by atoms with Gasteiger partial charge in [-0.1, -0.05) is 23.2 Å². The Balaban J connectivity index is 2.89. The molecule has 1 amide bonds. The summed E-state index contributed by atoms with van der Waals surface area (Å²) >= 11 is 11.7. The maximum Gasteiger partial charge on any atom is 0.258 e. The van der Waals surface area contributed by atoms with E-state index in [-0.39, 0.29) is 39.2 Å². The molecule has 0 heterocycles. The third kappa shape index (κ3) is 4.52. The van der Waals surface area contributed by atoms with E-state index in [0.717, 1.165) is 0 Å². The van der Waals surface area contributed by atoms with Crippen LogP contribution in [0.2, 0.25) is 10.0 Å². The highest BCUT2D eigenvalue weighted by Gasteiger charge is 2.19. The van der Waals surface area contributed by atoms with Crippen LogP contribution in [0.3, 0.4) is 0 Å². The molecule has 1 aromatic carbocycles. The summed E-state index contributed by atoms with van der Waals surface area (Å²) < 4.78 is 27.7. The summed E-state index contributed by atoms with van der Waals surface area (Å²) in [6.45, 7) is 3.36. The van der Waals surface area contributed by atoms with Crippen molar-refractivity contribution in [2.75, 3.05) is 6.61 Å². The van der Waals surface area contributed by atoms with Crippen molar-refractivity contribution in [1.82, 2.24) is 5.32 Å². The molecular weight excluding hydrogens is 327 g/mol. The molecule has 0 aromatic heterocycles. The van der Waals surface area contributed by atoms with Gasteiger partial charge < -0.3 is 10.1 Å². The Labute approximate surface area is 127 Å². The summed E-state index contributed by atoms with van der Waals surface area (Å²) in [6.07, 6.45) is 0. The Kier molecular flexibility index (Phi) is 5.64. The molecule has 0 aliphatic carbocycles. The van der Waals surface area contributed by atoms with Gasteiger partial charge in [0.15, 0.2) is 6.61 Å². The number of benzene rings is 1. The molecule has 112 valence electrons. The second kappa shape index (κ2) is 6.62. The topological polar surface area (TPSA) is 98.5 Å². The molecule has 0 bridgehead atoms. The Morgan fingerprint density at radius 2 is 1.95 bits per heavy atom. The van der Waals surface area contributed by atoms with Crippen LogP contribution in [0, 0.1) is 0 Å². The number of carbonyl (C=O) groups is 1. The SMILES string of the molecule is CC(C)NC(=O)COc1ccc(S(N)(=O)=O)c(Cl)c1Cl. The summed E-state index contributed by atoms with van der Waals surface area (Å²) in [7, 11) is -3.97. The number of hydrogen-bond donors (Lipinski definition) is 2. The van der Waals surface area contributed by atoms with Gasteiger partial charge in [0.1, 0.15) is 15.7 Å². The van der Waals surface area contributed by atoms with Crippen molar-refractivity contribution < 1.29 is 17.9 Å². The van der Waals surface area contributed by atoms with Crippen molar-refractivity contribution >= 4 is 39.1 Å². The van der Waals surface area contributed by atoms with E-state index < -0.39 is 10.0 Å². The molecular formula is C11H14Cl2N2O4S. The van der Waals surface area contributed by atoms with E-state index >= 15 is 0 Å². The third-order valence-electron chi connectivity index (χ3n) is 2.13. The van der Waals surface area contributed by atoms with Crippen LogP contribution in [0.25, 0.3) is 0 Å². The molecule has 3 N–H and O–H groups in total. The number of nitrogens with one attached hydrogen (secondary N) is 1. The molecule has 9 heteroatoms. The van der Waals surface area contributed by atoms with Crippen LogP contribution in [-0.4, -0.2) is 27.0 Å². The fourth-order valence-corrected chi connectivity index (χ4v) is 2.72. The normalized spacial score (nSPS) is 11.5. The molecule has 0 atom stereocenters. The lowest BCUT2D eigenvalue weighted by atomic mass is 10.3. The number of halogens is 2. The molecule has 0 saturated carbocycles. The first-order valence-corrected chi connectivity index (χ1v) is 7.86. The Morgan fingerprint density at radius 3 is 2.45 bits per heavy atom. The zero-order chi connectivity index (χ0) is 15.5. The fraction of sp³-hybridized carbons (Fsp3) is 0.364. The summed E-state index contributed by atoms with van der Waals surface area (Å²) in [5.41, 5.74) is 0. The third-order valence-corrected chi connectivity index (χ3v) is 4.06. The maximum absolute atomic E-state index is 11.4. The highest BCUT2D eigenvalue weighted by atomic mass is 35.5. The lowest BCUT2D eigenvalue weighted by Crippen LogP contribution is -2.34. The first-order chi connectivity index (χ1) is 9.12. The van der Waals surface area contributed by atoms with Crippen LogP contribution < -0.4 is 15.2 Å². The Morgan fingerprint density at radius 1 is 1.35 bits per heavy atom. The Bertz CT molecular complexity index is 617. The summed E-state index contributed by atoms with van der Waals surface area (Å²) in [5, 5.41) is 7.25. The minimum Gasteiger partial charge on any atom is -0.482 e. The van der Waals surface area contributed by atoms with E-state index in [0.29, 0.717) is 0 Å². The number of rotatable bonds is 5. The maximum atomic E-state index is 11.4. The molecule has 0 unspecified atom stereocenters. The monoisotopic (exact) mass is 340 g/mol. The van der Waals surface area contributed by atoms with Crippen LogP contribution in [0.4, 0.5) is 0 Å². The molecule has 0 saturated heterocycles. The van der Waals surface area contributed by atoms with E-state index in [1.54, 1.807) is 0 Å². The van der Waals surface area contributed by atoms with Gasteiger partial charge in [0.05, 0.1) is 5.02 Å². The quantitative estimate of drug-likeness (QED) is 0.849. The van der Waals surface area contributed by atoms with Crippen LogP contribution in [0.15, 0.2) is 17.0 Å². The predicted octanol–water partition coefficient (Wildman–Crippen LogP) is 1.54. The van der Waals surface area contributed by atoms with Gasteiger partial charge in [0.25, 0.3) is 5.91 Å². The molecule has 0 aliphatic rings. The molecule has 0 radical (unpaired) electrons. The molecule has 1 rings (SSSR count). The van der Waals surface area contributed by atoms with Gasteiger partial charge in [-0.15, -0.1) is 0 Å². The number of carbonyl (C=O) groups excluding carboxylic acids is 1. The number of nitrogens with two attached hydrogens (primary N) is 1. The van der Waals surface area contributed by atoms with Crippen molar-refractivity contribution in [3.05, 3.63) is 22.2 Å². The van der Waals surface area contributed by atoms with Crippen molar-refractivity contribution in [2.45, 2.75) is 24.8 Å². The summed E-state index contributed by atoms with van der Waals surface area (Å²) in [5.74, 6) is -0.231. The minimum atomic E-state index is -3.97. The molecule has 0 fully saturated rings. The van der Waals surface area contributed by atoms with Gasteiger partial charge in [-0.3, -0.25) is 4.79 Å². The van der Waals surface area contributed by atoms with E-state index in [2.05, 4.69) is 5.32 Å². The number of hydrogen-bond acceptors (Lipinski definition) is 4. The number of amides is 1. The van der Waals surface area contributed by atoms with E-state index in [1.807, 2.05) is 13.8 Å². The second-order valence-corrected chi connectivity index (χ2v) is 6.53. The van der Waals surface area contributed by atoms with Crippen LogP contribution in [-0.2, 0) is 14.8 Å². The lowest BCUT2D eigenvalue weighted by Gasteiger charge is -2.12. The van der Waals surface area contributed by atoms with Gasteiger partial charge in [0.2, 0.25) is 10.0 Å². The van der Waals surface area contributed by atoms with Gasteiger partial charge in [-0.2, -0.15) is 0 Å². The molecule has 0 aliphatic heterocycles. The van der Waals surface area contributed by atoms with Crippen LogP contribution in [0.5, 0.6) is 5.75 Å².